The lowest BCUT2D eigenvalue weighted by molar-refractivity contribution is -0.132. The summed E-state index contributed by atoms with van der Waals surface area (Å²) in [6.07, 6.45) is 0.570. The van der Waals surface area contributed by atoms with Crippen LogP contribution in [0.2, 0.25) is 0 Å². The largest absolute Gasteiger partial charge is 0.390 e. The highest BCUT2D eigenvalue weighted by molar-refractivity contribution is 5.76. The first kappa shape index (κ1) is 25.2. The van der Waals surface area contributed by atoms with Crippen molar-refractivity contribution in [3.05, 3.63) is 46.3 Å². The molecule has 36 heavy (non-hydrogen) atoms. The van der Waals surface area contributed by atoms with E-state index < -0.39 is 18.5 Å². The van der Waals surface area contributed by atoms with E-state index in [4.69, 9.17) is 5.10 Å². The van der Waals surface area contributed by atoms with E-state index in [1.807, 2.05) is 4.90 Å². The molecule has 2 aliphatic heterocycles. The fourth-order valence-electron chi connectivity index (χ4n) is 5.85. The van der Waals surface area contributed by atoms with Gasteiger partial charge in [0.1, 0.15) is 18.4 Å². The van der Waals surface area contributed by atoms with Crippen LogP contribution in [0.1, 0.15) is 53.6 Å². The summed E-state index contributed by atoms with van der Waals surface area (Å²) in [5.74, 6) is 0.0393. The summed E-state index contributed by atoms with van der Waals surface area (Å²) >= 11 is 0. The van der Waals surface area contributed by atoms with E-state index >= 15 is 0 Å². The lowest BCUT2D eigenvalue weighted by Gasteiger charge is -2.37. The highest BCUT2D eigenvalue weighted by Crippen LogP contribution is 2.32. The van der Waals surface area contributed by atoms with Gasteiger partial charge in [0.15, 0.2) is 6.23 Å². The Hall–Kier alpha value is -2.49. The van der Waals surface area contributed by atoms with Gasteiger partial charge in [-0.3, -0.25) is 14.4 Å². The number of carbonyl (C=O) groups is 1. The van der Waals surface area contributed by atoms with Crippen LogP contribution >= 0.6 is 0 Å². The van der Waals surface area contributed by atoms with E-state index in [0.717, 1.165) is 50.0 Å². The summed E-state index contributed by atoms with van der Waals surface area (Å²) in [5.41, 5.74) is 6.36. The number of likely N-dealkylation sites (tertiary alicyclic amines) is 1. The molecule has 2 saturated heterocycles. The minimum Gasteiger partial charge on any atom is -0.390 e. The third-order valence-corrected chi connectivity index (χ3v) is 8.25. The number of aliphatic hydroxyl groups is 2. The van der Waals surface area contributed by atoms with Gasteiger partial charge < -0.3 is 20.0 Å². The Morgan fingerprint density at radius 2 is 1.89 bits per heavy atom. The SMILES string of the molecule is Cc1cccc(N2CCN(C(=O)Cn3nc(C(O)N4CC[C@H](O)[C@H](F)C4)c4c3CCCC4)CC2)c1C. The van der Waals surface area contributed by atoms with Gasteiger partial charge in [0, 0.05) is 56.2 Å². The topological polar surface area (TPSA) is 85.1 Å². The van der Waals surface area contributed by atoms with E-state index in [9.17, 15) is 19.4 Å². The molecule has 3 aliphatic rings. The average molecular weight is 500 g/mol. The molecule has 1 amide bonds. The Morgan fingerprint density at radius 3 is 2.64 bits per heavy atom. The zero-order valence-electron chi connectivity index (χ0n) is 21.4. The monoisotopic (exact) mass is 499 g/mol. The van der Waals surface area contributed by atoms with Crippen molar-refractivity contribution in [2.45, 2.75) is 71.0 Å². The maximum absolute atomic E-state index is 14.1. The fourth-order valence-corrected chi connectivity index (χ4v) is 5.85. The number of piperidine rings is 1. The number of hydrogen-bond acceptors (Lipinski definition) is 6. The van der Waals surface area contributed by atoms with Crippen molar-refractivity contribution in [3.8, 4) is 0 Å². The summed E-state index contributed by atoms with van der Waals surface area (Å²) < 4.78 is 15.9. The van der Waals surface area contributed by atoms with Crippen LogP contribution in [-0.4, -0.2) is 87.2 Å². The van der Waals surface area contributed by atoms with Crippen LogP contribution < -0.4 is 4.90 Å². The third-order valence-electron chi connectivity index (χ3n) is 8.25. The minimum atomic E-state index is -1.38. The highest BCUT2D eigenvalue weighted by atomic mass is 19.1. The molecule has 5 rings (SSSR count). The average Bonchev–Trinajstić information content (AvgIpc) is 3.25. The van der Waals surface area contributed by atoms with Crippen molar-refractivity contribution >= 4 is 11.6 Å². The molecule has 9 heteroatoms. The molecule has 2 fully saturated rings. The molecule has 1 unspecified atom stereocenters. The maximum atomic E-state index is 14.1. The standard InChI is InChI=1S/C27H38FN5O3/c1-18-6-5-9-22(19(18)2)30-12-14-31(15-13-30)25(35)17-33-23-8-4-3-7-20(23)26(29-33)27(36)32-11-10-24(34)21(28)16-32/h5-6,9,21,24,27,34,36H,3-4,7-8,10-17H2,1-2H3/t21-,24+,27?/m1/s1. The number of hydrogen-bond donors (Lipinski definition) is 2. The minimum absolute atomic E-state index is 0.0202. The molecule has 2 aromatic rings. The first-order valence-corrected chi connectivity index (χ1v) is 13.2. The number of aryl methyl sites for hydroxylation is 1. The molecule has 0 saturated carbocycles. The molecule has 3 atom stereocenters. The number of alkyl halides is 1. The zero-order chi connectivity index (χ0) is 25.4. The smallest absolute Gasteiger partial charge is 0.244 e. The number of fused-ring (bicyclic) bond motifs is 1. The van der Waals surface area contributed by atoms with Gasteiger partial charge in [-0.1, -0.05) is 12.1 Å². The molecular weight excluding hydrogens is 461 g/mol. The van der Waals surface area contributed by atoms with E-state index in [1.54, 1.807) is 9.58 Å². The first-order valence-electron chi connectivity index (χ1n) is 13.2. The van der Waals surface area contributed by atoms with Crippen LogP contribution in [0, 0.1) is 13.8 Å². The Bertz CT molecular complexity index is 1100. The molecule has 0 spiro atoms. The second-order valence-electron chi connectivity index (χ2n) is 10.5. The lowest BCUT2D eigenvalue weighted by Crippen LogP contribution is -2.50. The van der Waals surface area contributed by atoms with Gasteiger partial charge in [0.2, 0.25) is 5.91 Å². The number of nitrogens with zero attached hydrogens (tertiary/aromatic N) is 5. The Morgan fingerprint density at radius 1 is 1.14 bits per heavy atom. The molecular formula is C27H38FN5O3. The van der Waals surface area contributed by atoms with Crippen molar-refractivity contribution < 1.29 is 19.4 Å². The number of aliphatic hydroxyl groups excluding tert-OH is 2. The normalized spacial score (nSPS) is 24.0. The Kier molecular flexibility index (Phi) is 7.32. The summed E-state index contributed by atoms with van der Waals surface area (Å²) in [7, 11) is 0. The van der Waals surface area contributed by atoms with E-state index in [1.165, 1.54) is 16.8 Å². The van der Waals surface area contributed by atoms with E-state index in [2.05, 4.69) is 36.9 Å². The Labute approximate surface area is 212 Å². The summed E-state index contributed by atoms with van der Waals surface area (Å²) in [4.78, 5) is 19.2. The highest BCUT2D eigenvalue weighted by Gasteiger charge is 2.35. The van der Waals surface area contributed by atoms with Crippen molar-refractivity contribution in [2.24, 2.45) is 0 Å². The van der Waals surface area contributed by atoms with Crippen LogP contribution in [0.5, 0.6) is 0 Å². The lowest BCUT2D eigenvalue weighted by atomic mass is 9.94. The van der Waals surface area contributed by atoms with Gasteiger partial charge in [-0.2, -0.15) is 5.10 Å². The van der Waals surface area contributed by atoms with E-state index in [0.29, 0.717) is 25.3 Å². The van der Waals surface area contributed by atoms with Gasteiger partial charge in [0.25, 0.3) is 0 Å². The van der Waals surface area contributed by atoms with Crippen LogP contribution in [0.3, 0.4) is 0 Å². The second kappa shape index (κ2) is 10.5. The van der Waals surface area contributed by atoms with Crippen molar-refractivity contribution in [1.82, 2.24) is 19.6 Å². The molecule has 1 aromatic heterocycles. The van der Waals surface area contributed by atoms with Gasteiger partial charge in [-0.15, -0.1) is 0 Å². The number of anilines is 1. The summed E-state index contributed by atoms with van der Waals surface area (Å²) in [5, 5.41) is 25.5. The quantitative estimate of drug-likeness (QED) is 0.656. The van der Waals surface area contributed by atoms with Crippen LogP contribution in [0.25, 0.3) is 0 Å². The van der Waals surface area contributed by atoms with Gasteiger partial charge in [0.05, 0.1) is 6.10 Å². The molecule has 1 aromatic carbocycles. The number of carbonyl (C=O) groups excluding carboxylic acids is 1. The molecule has 3 heterocycles. The molecule has 2 N–H and O–H groups in total. The van der Waals surface area contributed by atoms with Crippen LogP contribution in [0.4, 0.5) is 10.1 Å². The third kappa shape index (κ3) is 4.88. The molecule has 0 bridgehead atoms. The number of benzene rings is 1. The number of amides is 1. The van der Waals surface area contributed by atoms with Gasteiger partial charge >= 0.3 is 0 Å². The first-order chi connectivity index (χ1) is 17.3. The number of piperazine rings is 1. The second-order valence-corrected chi connectivity index (χ2v) is 10.5. The van der Waals surface area contributed by atoms with Gasteiger partial charge in [-0.05, 0) is 63.1 Å². The number of halogens is 1. The predicted molar refractivity (Wildman–Crippen MR) is 136 cm³/mol. The fraction of sp³-hybridized carbons (Fsp3) is 0.630. The molecule has 8 nitrogen and oxygen atoms in total. The zero-order valence-corrected chi connectivity index (χ0v) is 21.4. The molecule has 196 valence electrons. The van der Waals surface area contributed by atoms with Crippen LogP contribution in [-0.2, 0) is 24.2 Å². The van der Waals surface area contributed by atoms with Crippen LogP contribution in [0.15, 0.2) is 18.2 Å². The number of rotatable bonds is 5. The van der Waals surface area contributed by atoms with Crippen molar-refractivity contribution in [2.75, 3.05) is 44.2 Å². The maximum Gasteiger partial charge on any atom is 0.244 e. The summed E-state index contributed by atoms with van der Waals surface area (Å²) in [6.45, 7) is 7.74. The number of aromatic nitrogens is 2. The Balaban J connectivity index is 1.27. The molecule has 1 aliphatic carbocycles. The van der Waals surface area contributed by atoms with Gasteiger partial charge in [-0.25, -0.2) is 4.39 Å². The van der Waals surface area contributed by atoms with E-state index in [-0.39, 0.29) is 25.4 Å². The summed E-state index contributed by atoms with van der Waals surface area (Å²) in [6, 6.07) is 6.36. The van der Waals surface area contributed by atoms with Crippen molar-refractivity contribution in [1.29, 1.82) is 0 Å². The predicted octanol–water partition coefficient (Wildman–Crippen LogP) is 2.12. The molecule has 0 radical (unpaired) electrons. The van der Waals surface area contributed by atoms with Crippen molar-refractivity contribution in [3.63, 3.8) is 0 Å².